The van der Waals surface area contributed by atoms with E-state index in [2.05, 4.69) is 4.98 Å². The molecule has 0 saturated carbocycles. The standard InChI is InChI=1S/C20H17ClFN3OS/c21-16-7-3-8-17(22)15(16)12-27-20-24-18-9-2-1-6-14(18)19(26)25(20)13-5-4-10-23-11-13/h1-6,8-11,16,19,26H,7,12H2. The molecule has 2 heterocycles. The smallest absolute Gasteiger partial charge is 0.171 e. The molecule has 0 bridgehead atoms. The third-order valence-electron chi connectivity index (χ3n) is 4.45. The van der Waals surface area contributed by atoms with Crippen LogP contribution in [0.2, 0.25) is 0 Å². The first-order valence-corrected chi connectivity index (χ1v) is 9.94. The Morgan fingerprint density at radius 2 is 2.11 bits per heavy atom. The Bertz CT molecular complexity index is 932. The number of rotatable bonds is 3. The quantitative estimate of drug-likeness (QED) is 0.726. The first kappa shape index (κ1) is 18.2. The van der Waals surface area contributed by atoms with Gasteiger partial charge < -0.3 is 5.11 Å². The fourth-order valence-corrected chi connectivity index (χ4v) is 4.56. The van der Waals surface area contributed by atoms with Gasteiger partial charge in [-0.3, -0.25) is 9.88 Å². The molecule has 0 saturated heterocycles. The SMILES string of the molecule is OC1c2ccccc2N=C(SCC2=C(F)C=CCC2Cl)N1c1cccnc1. The maximum absolute atomic E-state index is 14.2. The van der Waals surface area contributed by atoms with Crippen molar-refractivity contribution in [2.24, 2.45) is 4.99 Å². The number of hydrogen-bond acceptors (Lipinski definition) is 5. The van der Waals surface area contributed by atoms with Gasteiger partial charge in [-0.25, -0.2) is 9.38 Å². The minimum Gasteiger partial charge on any atom is -0.369 e. The molecule has 0 radical (unpaired) electrons. The molecule has 0 fully saturated rings. The van der Waals surface area contributed by atoms with Gasteiger partial charge >= 0.3 is 0 Å². The van der Waals surface area contributed by atoms with Gasteiger partial charge in [0.15, 0.2) is 11.4 Å². The van der Waals surface area contributed by atoms with Crippen LogP contribution in [-0.4, -0.2) is 26.4 Å². The van der Waals surface area contributed by atoms with Crippen LogP contribution in [0.15, 0.2) is 77.3 Å². The van der Waals surface area contributed by atoms with Crippen molar-refractivity contribution in [1.82, 2.24) is 4.98 Å². The summed E-state index contributed by atoms with van der Waals surface area (Å²) >= 11 is 7.64. The maximum Gasteiger partial charge on any atom is 0.171 e. The molecule has 1 N–H and O–H groups in total. The fraction of sp³-hybridized carbons (Fsp3) is 0.200. The summed E-state index contributed by atoms with van der Waals surface area (Å²) < 4.78 is 14.2. The molecule has 1 aliphatic carbocycles. The third kappa shape index (κ3) is 3.65. The zero-order valence-corrected chi connectivity index (χ0v) is 15.9. The van der Waals surface area contributed by atoms with E-state index in [-0.39, 0.29) is 11.2 Å². The second kappa shape index (κ2) is 7.84. The summed E-state index contributed by atoms with van der Waals surface area (Å²) in [5.41, 5.74) is 2.68. The van der Waals surface area contributed by atoms with Gasteiger partial charge in [-0.2, -0.15) is 0 Å². The van der Waals surface area contributed by atoms with Gasteiger partial charge in [-0.05, 0) is 36.3 Å². The predicted molar refractivity (Wildman–Crippen MR) is 109 cm³/mol. The first-order valence-electron chi connectivity index (χ1n) is 8.52. The van der Waals surface area contributed by atoms with E-state index >= 15 is 0 Å². The largest absolute Gasteiger partial charge is 0.369 e. The van der Waals surface area contributed by atoms with Gasteiger partial charge in [0.1, 0.15) is 5.83 Å². The lowest BCUT2D eigenvalue weighted by atomic mass is 10.1. The molecule has 0 amide bonds. The molecule has 2 aromatic rings. The number of aromatic nitrogens is 1. The molecule has 2 aliphatic rings. The number of aliphatic imine (C=N–C) groups is 1. The van der Waals surface area contributed by atoms with E-state index in [0.717, 1.165) is 0 Å². The normalized spacial score (nSPS) is 21.9. The number of thioether (sulfide) groups is 1. The van der Waals surface area contributed by atoms with Crippen molar-refractivity contribution in [3.63, 3.8) is 0 Å². The minimum atomic E-state index is -0.901. The van der Waals surface area contributed by atoms with Crippen molar-refractivity contribution in [3.05, 3.63) is 77.9 Å². The second-order valence-electron chi connectivity index (χ2n) is 6.18. The minimum absolute atomic E-state index is 0.293. The molecular weight excluding hydrogens is 385 g/mol. The molecule has 138 valence electrons. The van der Waals surface area contributed by atoms with Crippen molar-refractivity contribution >= 4 is 39.9 Å². The first-order chi connectivity index (χ1) is 13.1. The Morgan fingerprint density at radius 1 is 1.26 bits per heavy atom. The topological polar surface area (TPSA) is 48.7 Å². The Balaban J connectivity index is 1.69. The van der Waals surface area contributed by atoms with Crippen LogP contribution < -0.4 is 4.90 Å². The van der Waals surface area contributed by atoms with Crippen LogP contribution in [-0.2, 0) is 0 Å². The summed E-state index contributed by atoms with van der Waals surface area (Å²) in [5, 5.41) is 11.2. The van der Waals surface area contributed by atoms with Crippen LogP contribution in [0.5, 0.6) is 0 Å². The Labute approximate surface area is 166 Å². The number of aliphatic hydroxyl groups is 1. The average molecular weight is 402 g/mol. The summed E-state index contributed by atoms with van der Waals surface area (Å²) in [5.74, 6) is 0.0634. The van der Waals surface area contributed by atoms with E-state index in [9.17, 15) is 9.50 Å². The summed E-state index contributed by atoms with van der Waals surface area (Å²) in [7, 11) is 0. The number of fused-ring (bicyclic) bond motifs is 1. The number of benzene rings is 1. The number of halogens is 2. The maximum atomic E-state index is 14.2. The Hall–Kier alpha value is -2.15. The van der Waals surface area contributed by atoms with Gasteiger partial charge in [0, 0.05) is 17.5 Å². The predicted octanol–water partition coefficient (Wildman–Crippen LogP) is 5.10. The van der Waals surface area contributed by atoms with E-state index in [1.54, 1.807) is 29.4 Å². The van der Waals surface area contributed by atoms with Crippen LogP contribution in [0.1, 0.15) is 18.2 Å². The van der Waals surface area contributed by atoms with Gasteiger partial charge in [0.05, 0.1) is 22.9 Å². The van der Waals surface area contributed by atoms with E-state index in [0.29, 0.717) is 39.9 Å². The van der Waals surface area contributed by atoms with Gasteiger partial charge in [0.25, 0.3) is 0 Å². The molecule has 2 unspecified atom stereocenters. The van der Waals surface area contributed by atoms with Crippen molar-refractivity contribution in [2.75, 3.05) is 10.7 Å². The van der Waals surface area contributed by atoms with Crippen molar-refractivity contribution in [3.8, 4) is 0 Å². The van der Waals surface area contributed by atoms with Gasteiger partial charge in [-0.15, -0.1) is 11.6 Å². The lowest BCUT2D eigenvalue weighted by molar-refractivity contribution is 0.187. The highest BCUT2D eigenvalue weighted by atomic mass is 35.5. The van der Waals surface area contributed by atoms with Crippen LogP contribution in [0.3, 0.4) is 0 Å². The molecule has 1 aromatic heterocycles. The van der Waals surface area contributed by atoms with E-state index < -0.39 is 6.23 Å². The fourth-order valence-electron chi connectivity index (χ4n) is 3.05. The number of para-hydroxylation sites is 1. The Morgan fingerprint density at radius 3 is 2.89 bits per heavy atom. The Kier molecular flexibility index (Phi) is 5.29. The average Bonchev–Trinajstić information content (AvgIpc) is 2.68. The number of nitrogens with zero attached hydrogens (tertiary/aromatic N) is 3. The number of alkyl halides is 1. The van der Waals surface area contributed by atoms with E-state index in [1.165, 1.54) is 17.8 Å². The van der Waals surface area contributed by atoms with Gasteiger partial charge in [0.2, 0.25) is 0 Å². The lowest BCUT2D eigenvalue weighted by Crippen LogP contribution is -2.36. The number of hydrogen-bond donors (Lipinski definition) is 1. The summed E-state index contributed by atoms with van der Waals surface area (Å²) in [6, 6.07) is 11.1. The summed E-state index contributed by atoms with van der Waals surface area (Å²) in [6.45, 7) is 0. The highest BCUT2D eigenvalue weighted by Gasteiger charge is 2.31. The number of aliphatic hydroxyl groups excluding tert-OH is 1. The summed E-state index contributed by atoms with van der Waals surface area (Å²) in [4.78, 5) is 10.6. The lowest BCUT2D eigenvalue weighted by Gasteiger charge is -2.34. The molecule has 4 rings (SSSR count). The molecule has 1 aromatic carbocycles. The monoisotopic (exact) mass is 401 g/mol. The zero-order chi connectivity index (χ0) is 18.8. The highest BCUT2D eigenvalue weighted by molar-refractivity contribution is 8.14. The van der Waals surface area contributed by atoms with Crippen molar-refractivity contribution in [2.45, 2.75) is 18.0 Å². The van der Waals surface area contributed by atoms with Crippen LogP contribution in [0, 0.1) is 0 Å². The molecule has 0 spiro atoms. The number of amidine groups is 1. The van der Waals surface area contributed by atoms with Crippen molar-refractivity contribution in [1.29, 1.82) is 0 Å². The molecule has 4 nitrogen and oxygen atoms in total. The second-order valence-corrected chi connectivity index (χ2v) is 7.64. The molecule has 2 atom stereocenters. The van der Waals surface area contributed by atoms with Crippen LogP contribution in [0.4, 0.5) is 15.8 Å². The third-order valence-corrected chi connectivity index (χ3v) is 5.90. The van der Waals surface area contributed by atoms with Crippen molar-refractivity contribution < 1.29 is 9.50 Å². The van der Waals surface area contributed by atoms with E-state index in [4.69, 9.17) is 16.6 Å². The number of allylic oxidation sites excluding steroid dienone is 3. The number of anilines is 1. The van der Waals surface area contributed by atoms with Gasteiger partial charge in [-0.1, -0.05) is 36.0 Å². The molecule has 7 heteroatoms. The molecule has 27 heavy (non-hydrogen) atoms. The van der Waals surface area contributed by atoms with Crippen LogP contribution in [0.25, 0.3) is 0 Å². The molecular formula is C20H17ClFN3OS. The van der Waals surface area contributed by atoms with Crippen LogP contribution >= 0.6 is 23.4 Å². The zero-order valence-electron chi connectivity index (χ0n) is 14.3. The molecule has 1 aliphatic heterocycles. The number of pyridine rings is 1. The highest BCUT2D eigenvalue weighted by Crippen LogP contribution is 2.39. The van der Waals surface area contributed by atoms with E-state index in [1.807, 2.05) is 30.3 Å². The summed E-state index contributed by atoms with van der Waals surface area (Å²) in [6.07, 6.45) is 6.24.